The Bertz CT molecular complexity index is 957. The third-order valence-electron chi connectivity index (χ3n) is 5.15. The summed E-state index contributed by atoms with van der Waals surface area (Å²) in [5.41, 5.74) is 2.51. The molecule has 1 saturated heterocycles. The molecule has 1 aromatic carbocycles. The molecule has 0 radical (unpaired) electrons. The van der Waals surface area contributed by atoms with E-state index < -0.39 is 0 Å². The molecule has 0 unspecified atom stereocenters. The van der Waals surface area contributed by atoms with Gasteiger partial charge >= 0.3 is 0 Å². The van der Waals surface area contributed by atoms with Gasteiger partial charge in [0, 0.05) is 55.4 Å². The van der Waals surface area contributed by atoms with Crippen LogP contribution in [-0.2, 0) is 0 Å². The maximum absolute atomic E-state index is 12.6. The fourth-order valence-corrected chi connectivity index (χ4v) is 3.45. The van der Waals surface area contributed by atoms with Crippen LogP contribution in [-0.4, -0.2) is 52.1 Å². The largest absolute Gasteiger partial charge is 0.368 e. The number of anilines is 1. The second kappa shape index (κ2) is 6.09. The van der Waals surface area contributed by atoms with Gasteiger partial charge in [-0.05, 0) is 31.0 Å². The number of amides is 1. The number of hydrogen-bond donors (Lipinski definition) is 0. The first-order valence-corrected chi connectivity index (χ1v) is 8.98. The van der Waals surface area contributed by atoms with Gasteiger partial charge in [-0.1, -0.05) is 5.16 Å². The lowest BCUT2D eigenvalue weighted by molar-refractivity contribution is 0.0736. The van der Waals surface area contributed by atoms with Crippen LogP contribution < -0.4 is 4.90 Å². The lowest BCUT2D eigenvalue weighted by Gasteiger charge is -2.35. The molecule has 0 bridgehead atoms. The van der Waals surface area contributed by atoms with E-state index in [4.69, 9.17) is 4.52 Å². The lowest BCUT2D eigenvalue weighted by Crippen LogP contribution is -2.48. The third-order valence-corrected chi connectivity index (χ3v) is 5.15. The van der Waals surface area contributed by atoms with Crippen LogP contribution in [0.25, 0.3) is 10.9 Å². The predicted molar refractivity (Wildman–Crippen MR) is 96.1 cm³/mol. The SMILES string of the molecule is O=C(c1cc(C2CC2)on1)N1CCN(c2ccc3ncncc3c2)CC1. The van der Waals surface area contributed by atoms with Gasteiger partial charge in [0.15, 0.2) is 5.69 Å². The Morgan fingerprint density at radius 2 is 1.96 bits per heavy atom. The summed E-state index contributed by atoms with van der Waals surface area (Å²) in [6, 6.07) is 8.01. The Labute approximate surface area is 150 Å². The Hall–Kier alpha value is -2.96. The van der Waals surface area contributed by atoms with Crippen molar-refractivity contribution in [1.29, 1.82) is 0 Å². The number of piperazine rings is 1. The fraction of sp³-hybridized carbons (Fsp3) is 0.368. The van der Waals surface area contributed by atoms with E-state index in [1.807, 2.05) is 23.2 Å². The van der Waals surface area contributed by atoms with Crippen molar-refractivity contribution in [3.63, 3.8) is 0 Å². The first-order chi connectivity index (χ1) is 12.8. The smallest absolute Gasteiger partial charge is 0.276 e. The highest BCUT2D eigenvalue weighted by Crippen LogP contribution is 2.40. The van der Waals surface area contributed by atoms with Crippen molar-refractivity contribution in [3.05, 3.63) is 48.2 Å². The third kappa shape index (κ3) is 2.79. The van der Waals surface area contributed by atoms with E-state index in [0.717, 1.165) is 48.3 Å². The van der Waals surface area contributed by atoms with Crippen molar-refractivity contribution in [3.8, 4) is 0 Å². The number of hydrogen-bond acceptors (Lipinski definition) is 6. The number of nitrogens with zero attached hydrogens (tertiary/aromatic N) is 5. The molecule has 7 nitrogen and oxygen atoms in total. The summed E-state index contributed by atoms with van der Waals surface area (Å²) in [6.07, 6.45) is 5.66. The van der Waals surface area contributed by atoms with Gasteiger partial charge in [0.2, 0.25) is 0 Å². The molecule has 26 heavy (non-hydrogen) atoms. The highest BCUT2D eigenvalue weighted by molar-refractivity contribution is 5.92. The lowest BCUT2D eigenvalue weighted by atomic mass is 10.2. The van der Waals surface area contributed by atoms with Gasteiger partial charge in [-0.15, -0.1) is 0 Å². The number of fused-ring (bicyclic) bond motifs is 1. The maximum atomic E-state index is 12.6. The molecule has 5 rings (SSSR count). The zero-order chi connectivity index (χ0) is 17.5. The molecule has 2 aliphatic rings. The Kier molecular flexibility index (Phi) is 3.58. The van der Waals surface area contributed by atoms with E-state index in [9.17, 15) is 4.79 Å². The molecule has 1 amide bonds. The molecule has 0 atom stereocenters. The number of carbonyl (C=O) groups excluding carboxylic acids is 1. The van der Waals surface area contributed by atoms with Gasteiger partial charge in [-0.3, -0.25) is 4.79 Å². The number of benzene rings is 1. The van der Waals surface area contributed by atoms with Crippen LogP contribution in [0, 0.1) is 0 Å². The van der Waals surface area contributed by atoms with E-state index in [-0.39, 0.29) is 5.91 Å². The van der Waals surface area contributed by atoms with Crippen molar-refractivity contribution in [1.82, 2.24) is 20.0 Å². The van der Waals surface area contributed by atoms with Crippen LogP contribution in [0.1, 0.15) is 35.0 Å². The maximum Gasteiger partial charge on any atom is 0.276 e. The molecule has 132 valence electrons. The predicted octanol–water partition coefficient (Wildman–Crippen LogP) is 2.46. The van der Waals surface area contributed by atoms with Crippen LogP contribution in [0.2, 0.25) is 0 Å². The zero-order valence-electron chi connectivity index (χ0n) is 14.3. The van der Waals surface area contributed by atoms with Crippen LogP contribution >= 0.6 is 0 Å². The second-order valence-corrected chi connectivity index (χ2v) is 6.93. The molecular weight excluding hydrogens is 330 g/mol. The van der Waals surface area contributed by atoms with Crippen molar-refractivity contribution in [2.24, 2.45) is 0 Å². The van der Waals surface area contributed by atoms with Crippen LogP contribution in [0.15, 0.2) is 41.3 Å². The average molecular weight is 349 g/mol. The van der Waals surface area contributed by atoms with E-state index in [1.54, 1.807) is 6.33 Å². The highest BCUT2D eigenvalue weighted by atomic mass is 16.5. The summed E-state index contributed by atoms with van der Waals surface area (Å²) >= 11 is 0. The molecule has 3 aromatic rings. The minimum Gasteiger partial charge on any atom is -0.368 e. The first-order valence-electron chi connectivity index (χ1n) is 8.98. The van der Waals surface area contributed by atoms with Crippen LogP contribution in [0.3, 0.4) is 0 Å². The van der Waals surface area contributed by atoms with Gasteiger partial charge in [-0.2, -0.15) is 0 Å². The Morgan fingerprint density at radius 1 is 1.12 bits per heavy atom. The Morgan fingerprint density at radius 3 is 2.77 bits per heavy atom. The van der Waals surface area contributed by atoms with Gasteiger partial charge in [0.25, 0.3) is 5.91 Å². The number of carbonyl (C=O) groups is 1. The van der Waals surface area contributed by atoms with Gasteiger partial charge in [0.1, 0.15) is 12.1 Å². The summed E-state index contributed by atoms with van der Waals surface area (Å²) in [6.45, 7) is 2.93. The van der Waals surface area contributed by atoms with Crippen molar-refractivity contribution in [2.75, 3.05) is 31.1 Å². The van der Waals surface area contributed by atoms with Crippen molar-refractivity contribution < 1.29 is 9.32 Å². The standard InChI is InChI=1S/C19H19N5O2/c25-19(17-10-18(26-22-17)13-1-2-13)24-7-5-23(6-8-24)15-3-4-16-14(9-15)11-20-12-21-16/h3-4,9-13H,1-2,5-8H2. The second-order valence-electron chi connectivity index (χ2n) is 6.93. The molecule has 2 fully saturated rings. The molecule has 7 heteroatoms. The minimum absolute atomic E-state index is 0.0350. The number of aromatic nitrogens is 3. The summed E-state index contributed by atoms with van der Waals surface area (Å²) < 4.78 is 5.31. The Balaban J connectivity index is 1.26. The average Bonchev–Trinajstić information content (AvgIpc) is 3.44. The topological polar surface area (TPSA) is 75.4 Å². The zero-order valence-corrected chi connectivity index (χ0v) is 14.3. The summed E-state index contributed by atoms with van der Waals surface area (Å²) in [5.74, 6) is 1.29. The van der Waals surface area contributed by atoms with E-state index in [1.165, 1.54) is 0 Å². The van der Waals surface area contributed by atoms with Crippen molar-refractivity contribution in [2.45, 2.75) is 18.8 Å². The van der Waals surface area contributed by atoms with Gasteiger partial charge in [-0.25, -0.2) is 9.97 Å². The van der Waals surface area contributed by atoms with E-state index in [0.29, 0.717) is 24.7 Å². The quantitative estimate of drug-likeness (QED) is 0.723. The molecule has 1 aliphatic carbocycles. The normalized spacial score (nSPS) is 17.7. The van der Waals surface area contributed by atoms with Crippen LogP contribution in [0.4, 0.5) is 5.69 Å². The molecular formula is C19H19N5O2. The van der Waals surface area contributed by atoms with Gasteiger partial charge < -0.3 is 14.3 Å². The molecule has 0 spiro atoms. The summed E-state index contributed by atoms with van der Waals surface area (Å²) in [7, 11) is 0. The molecule has 1 saturated carbocycles. The van der Waals surface area contributed by atoms with Crippen molar-refractivity contribution >= 4 is 22.5 Å². The van der Waals surface area contributed by atoms with Crippen LogP contribution in [0.5, 0.6) is 0 Å². The summed E-state index contributed by atoms with van der Waals surface area (Å²) in [4.78, 5) is 25.1. The molecule has 0 N–H and O–H groups in total. The molecule has 3 heterocycles. The van der Waals surface area contributed by atoms with E-state index >= 15 is 0 Å². The monoisotopic (exact) mass is 349 g/mol. The van der Waals surface area contributed by atoms with Gasteiger partial charge in [0.05, 0.1) is 5.52 Å². The molecule has 2 aromatic heterocycles. The summed E-state index contributed by atoms with van der Waals surface area (Å²) in [5, 5.41) is 5.00. The minimum atomic E-state index is -0.0350. The first kappa shape index (κ1) is 15.3. The number of rotatable bonds is 3. The highest BCUT2D eigenvalue weighted by Gasteiger charge is 2.30. The molecule has 1 aliphatic heterocycles. The van der Waals surface area contributed by atoms with E-state index in [2.05, 4.69) is 32.2 Å². The fourth-order valence-electron chi connectivity index (χ4n) is 3.45.